The molecule has 1 rings (SSSR count). The second-order valence-corrected chi connectivity index (χ2v) is 4.07. The number of benzene rings is 1. The molecule has 0 aromatic heterocycles. The highest BCUT2D eigenvalue weighted by Gasteiger charge is 2.09. The number of rotatable bonds is 5. The molecule has 1 amide bonds. The van der Waals surface area contributed by atoms with Gasteiger partial charge in [-0.3, -0.25) is 0 Å². The quantitative estimate of drug-likeness (QED) is 0.904. The molecule has 0 heterocycles. The molecule has 0 bridgehead atoms. The lowest BCUT2D eigenvalue weighted by Gasteiger charge is -2.12. The highest BCUT2D eigenvalue weighted by atomic mass is 79.9. The molecule has 0 aliphatic heterocycles. The third-order valence-corrected chi connectivity index (χ3v) is 2.79. The molecule has 0 unspecified atom stereocenters. The van der Waals surface area contributed by atoms with Gasteiger partial charge in [0.1, 0.15) is 11.5 Å². The van der Waals surface area contributed by atoms with Crippen molar-refractivity contribution in [2.45, 2.75) is 6.42 Å². The van der Waals surface area contributed by atoms with Crippen molar-refractivity contribution in [1.82, 2.24) is 0 Å². The lowest BCUT2D eigenvalue weighted by atomic mass is 10.1. The molecule has 0 fully saturated rings. The molecule has 5 nitrogen and oxygen atoms in total. The topological polar surface area (TPSA) is 70.8 Å². The molecule has 0 atom stereocenters. The van der Waals surface area contributed by atoms with Crippen LogP contribution in [0.3, 0.4) is 0 Å². The third-order valence-electron chi connectivity index (χ3n) is 2.17. The van der Waals surface area contributed by atoms with Gasteiger partial charge in [0, 0.05) is 12.0 Å². The molecule has 0 aliphatic carbocycles. The van der Waals surface area contributed by atoms with Gasteiger partial charge in [-0.2, -0.15) is 0 Å². The summed E-state index contributed by atoms with van der Waals surface area (Å²) in [5.74, 6) is 1.39. The summed E-state index contributed by atoms with van der Waals surface area (Å²) in [6, 6.07) is 3.63. The average Bonchev–Trinajstić information content (AvgIpc) is 2.30. The summed E-state index contributed by atoms with van der Waals surface area (Å²) in [6.07, 6.45) is -0.275. The normalized spacial score (nSPS) is 9.82. The highest BCUT2D eigenvalue weighted by molar-refractivity contribution is 9.10. The number of nitrogens with two attached hydrogens (primary N) is 1. The molecule has 0 saturated heterocycles. The van der Waals surface area contributed by atoms with E-state index in [2.05, 4.69) is 20.7 Å². The molecular weight excluding hydrogens is 290 g/mol. The Bertz CT molecular complexity index is 409. The van der Waals surface area contributed by atoms with E-state index in [1.165, 1.54) is 0 Å². The predicted molar refractivity (Wildman–Crippen MR) is 66.5 cm³/mol. The zero-order chi connectivity index (χ0) is 12.8. The van der Waals surface area contributed by atoms with Crippen LogP contribution in [0.4, 0.5) is 4.79 Å². The van der Waals surface area contributed by atoms with Crippen LogP contribution >= 0.6 is 15.9 Å². The molecule has 1 aromatic carbocycles. The summed E-state index contributed by atoms with van der Waals surface area (Å²) in [5, 5.41) is 0. The maximum atomic E-state index is 10.5. The summed E-state index contributed by atoms with van der Waals surface area (Å²) in [7, 11) is 3.16. The van der Waals surface area contributed by atoms with Gasteiger partial charge in [-0.15, -0.1) is 0 Å². The minimum absolute atomic E-state index is 0.205. The van der Waals surface area contributed by atoms with Gasteiger partial charge in [0.2, 0.25) is 0 Å². The van der Waals surface area contributed by atoms with E-state index < -0.39 is 6.09 Å². The molecule has 0 radical (unpaired) electrons. The Labute approximate surface area is 108 Å². The number of methoxy groups -OCH3 is 2. The second kappa shape index (κ2) is 6.34. The van der Waals surface area contributed by atoms with Gasteiger partial charge in [-0.25, -0.2) is 4.79 Å². The molecule has 0 spiro atoms. The van der Waals surface area contributed by atoms with Crippen LogP contribution in [-0.4, -0.2) is 26.9 Å². The van der Waals surface area contributed by atoms with Crippen molar-refractivity contribution in [2.24, 2.45) is 5.73 Å². The van der Waals surface area contributed by atoms with E-state index in [0.29, 0.717) is 17.9 Å². The van der Waals surface area contributed by atoms with Gasteiger partial charge in [0.25, 0.3) is 0 Å². The Hall–Kier alpha value is -1.43. The van der Waals surface area contributed by atoms with Crippen molar-refractivity contribution < 1.29 is 19.0 Å². The number of hydrogen-bond acceptors (Lipinski definition) is 4. The van der Waals surface area contributed by atoms with Crippen molar-refractivity contribution in [3.05, 3.63) is 22.2 Å². The van der Waals surface area contributed by atoms with Crippen molar-refractivity contribution >= 4 is 22.0 Å². The monoisotopic (exact) mass is 303 g/mol. The van der Waals surface area contributed by atoms with E-state index in [1.54, 1.807) is 20.3 Å². The standard InChI is InChI=1S/C11H14BrNO4/c1-15-9-6-8(12)10(16-2)5-7(9)3-4-17-11(13)14/h5-6H,3-4H2,1-2H3,(H2,13,14). The van der Waals surface area contributed by atoms with Crippen LogP contribution in [0, 0.1) is 0 Å². The van der Waals surface area contributed by atoms with Crippen molar-refractivity contribution in [3.8, 4) is 11.5 Å². The Morgan fingerprint density at radius 2 is 1.94 bits per heavy atom. The van der Waals surface area contributed by atoms with Gasteiger partial charge in [-0.05, 0) is 28.1 Å². The summed E-state index contributed by atoms with van der Waals surface area (Å²) >= 11 is 3.36. The van der Waals surface area contributed by atoms with E-state index in [9.17, 15) is 4.79 Å². The molecule has 2 N–H and O–H groups in total. The lowest BCUT2D eigenvalue weighted by molar-refractivity contribution is 0.158. The zero-order valence-electron chi connectivity index (χ0n) is 9.66. The number of carbonyl (C=O) groups is 1. The van der Waals surface area contributed by atoms with Crippen LogP contribution in [0.1, 0.15) is 5.56 Å². The smallest absolute Gasteiger partial charge is 0.404 e. The summed E-state index contributed by atoms with van der Waals surface area (Å²) in [4.78, 5) is 10.5. The fourth-order valence-electron chi connectivity index (χ4n) is 1.38. The Kier molecular flexibility index (Phi) is 5.09. The number of primary amides is 1. The average molecular weight is 304 g/mol. The molecule has 1 aromatic rings. The molecule has 0 saturated carbocycles. The first kappa shape index (κ1) is 13.6. The number of carbonyl (C=O) groups excluding carboxylic acids is 1. The number of hydrogen-bond donors (Lipinski definition) is 1. The van der Waals surface area contributed by atoms with Crippen molar-refractivity contribution in [2.75, 3.05) is 20.8 Å². The van der Waals surface area contributed by atoms with E-state index in [4.69, 9.17) is 15.2 Å². The minimum Gasteiger partial charge on any atom is -0.496 e. The van der Waals surface area contributed by atoms with Crippen molar-refractivity contribution in [1.29, 1.82) is 0 Å². The SMILES string of the molecule is COc1cc(CCOC(N)=O)c(OC)cc1Br. The maximum absolute atomic E-state index is 10.5. The van der Waals surface area contributed by atoms with E-state index in [1.807, 2.05) is 6.07 Å². The van der Waals surface area contributed by atoms with E-state index in [0.717, 1.165) is 10.0 Å². The molecule has 6 heteroatoms. The Balaban J connectivity index is 2.84. The molecule has 17 heavy (non-hydrogen) atoms. The molecule has 0 aliphatic rings. The fraction of sp³-hybridized carbons (Fsp3) is 0.364. The van der Waals surface area contributed by atoms with Crippen LogP contribution in [0.15, 0.2) is 16.6 Å². The zero-order valence-corrected chi connectivity index (χ0v) is 11.2. The van der Waals surface area contributed by atoms with Gasteiger partial charge >= 0.3 is 6.09 Å². The maximum Gasteiger partial charge on any atom is 0.404 e. The first-order valence-electron chi connectivity index (χ1n) is 4.91. The second-order valence-electron chi connectivity index (χ2n) is 3.22. The largest absolute Gasteiger partial charge is 0.496 e. The van der Waals surface area contributed by atoms with Gasteiger partial charge < -0.3 is 19.9 Å². The Morgan fingerprint density at radius 3 is 2.47 bits per heavy atom. The summed E-state index contributed by atoms with van der Waals surface area (Å²) in [6.45, 7) is 0.205. The van der Waals surface area contributed by atoms with Crippen LogP contribution < -0.4 is 15.2 Å². The van der Waals surface area contributed by atoms with E-state index >= 15 is 0 Å². The van der Waals surface area contributed by atoms with Crippen molar-refractivity contribution in [3.63, 3.8) is 0 Å². The predicted octanol–water partition coefficient (Wildman–Crippen LogP) is 2.10. The highest BCUT2D eigenvalue weighted by Crippen LogP contribution is 2.32. The van der Waals surface area contributed by atoms with Gasteiger partial charge in [-0.1, -0.05) is 0 Å². The Morgan fingerprint density at radius 1 is 1.29 bits per heavy atom. The first-order valence-corrected chi connectivity index (χ1v) is 5.70. The van der Waals surface area contributed by atoms with Gasteiger partial charge in [0.05, 0.1) is 25.3 Å². The van der Waals surface area contributed by atoms with Gasteiger partial charge in [0.15, 0.2) is 0 Å². The van der Waals surface area contributed by atoms with Crippen LogP contribution in [0.5, 0.6) is 11.5 Å². The number of amides is 1. The first-order chi connectivity index (χ1) is 8.08. The molecular formula is C11H14BrNO4. The van der Waals surface area contributed by atoms with Crippen LogP contribution in [-0.2, 0) is 11.2 Å². The molecule has 94 valence electrons. The van der Waals surface area contributed by atoms with E-state index in [-0.39, 0.29) is 6.61 Å². The van der Waals surface area contributed by atoms with Crippen LogP contribution in [0.2, 0.25) is 0 Å². The lowest BCUT2D eigenvalue weighted by Crippen LogP contribution is -2.15. The third kappa shape index (κ3) is 3.81. The van der Waals surface area contributed by atoms with Crippen LogP contribution in [0.25, 0.3) is 0 Å². The minimum atomic E-state index is -0.784. The number of halogens is 1. The number of ether oxygens (including phenoxy) is 3. The summed E-state index contributed by atoms with van der Waals surface area (Å²) in [5.41, 5.74) is 5.77. The fourth-order valence-corrected chi connectivity index (χ4v) is 1.86. The summed E-state index contributed by atoms with van der Waals surface area (Å²) < 4.78 is 15.9.